The Bertz CT molecular complexity index is 910. The fourth-order valence-corrected chi connectivity index (χ4v) is 2.78. The van der Waals surface area contributed by atoms with Gasteiger partial charge in [0.25, 0.3) is 0 Å². The monoisotopic (exact) mass is 333 g/mol. The van der Waals surface area contributed by atoms with E-state index in [2.05, 4.69) is 16.4 Å². The van der Waals surface area contributed by atoms with Gasteiger partial charge in [0.1, 0.15) is 11.7 Å². The summed E-state index contributed by atoms with van der Waals surface area (Å²) in [4.78, 5) is 15.5. The largest absolute Gasteiger partial charge is 0.497 e. The molecule has 0 bridgehead atoms. The van der Waals surface area contributed by atoms with Crippen LogP contribution in [0.1, 0.15) is 11.1 Å². The Hall–Kier alpha value is -3.26. The number of aromatic nitrogens is 1. The normalized spacial score (nSPS) is 11.7. The molecule has 1 unspecified atom stereocenters. The first-order valence-corrected chi connectivity index (χ1v) is 8.06. The molecule has 2 N–H and O–H groups in total. The second kappa shape index (κ2) is 7.54. The summed E-state index contributed by atoms with van der Waals surface area (Å²) in [5.74, 6) is -0.257. The summed E-state index contributed by atoms with van der Waals surface area (Å²) in [6, 6.07) is 17.5. The van der Waals surface area contributed by atoms with Gasteiger partial charge in [0.05, 0.1) is 13.2 Å². The molecular formula is C20H19N3O2. The lowest BCUT2D eigenvalue weighted by molar-refractivity contribution is -0.123. The molecule has 3 rings (SSSR count). The number of benzene rings is 2. The summed E-state index contributed by atoms with van der Waals surface area (Å²) < 4.78 is 5.25. The zero-order chi connectivity index (χ0) is 17.6. The highest BCUT2D eigenvalue weighted by Crippen LogP contribution is 2.25. The lowest BCUT2D eigenvalue weighted by atomic mass is 9.99. The van der Waals surface area contributed by atoms with Crippen molar-refractivity contribution in [3.05, 3.63) is 65.9 Å². The number of amides is 1. The Kier molecular flexibility index (Phi) is 5.00. The summed E-state index contributed by atoms with van der Waals surface area (Å²) in [6.45, 7) is 0.416. The van der Waals surface area contributed by atoms with E-state index in [1.807, 2.05) is 54.7 Å². The molecule has 1 aromatic heterocycles. The average Bonchev–Trinajstić information content (AvgIpc) is 3.06. The van der Waals surface area contributed by atoms with Gasteiger partial charge < -0.3 is 15.0 Å². The van der Waals surface area contributed by atoms with E-state index in [1.54, 1.807) is 7.11 Å². The third-order valence-electron chi connectivity index (χ3n) is 4.18. The summed E-state index contributed by atoms with van der Waals surface area (Å²) in [6.07, 6.45) is 2.20. The number of nitrogens with one attached hydrogen (secondary N) is 2. The Balaban J connectivity index is 1.71. The molecule has 1 heterocycles. The van der Waals surface area contributed by atoms with E-state index in [-0.39, 0.29) is 5.91 Å². The number of hydrogen-bond acceptors (Lipinski definition) is 3. The molecule has 0 aliphatic rings. The SMILES string of the molecule is COc1ccc2[nH]cc(CC(C#N)C(=O)NCc3ccccc3)c2c1. The van der Waals surface area contributed by atoms with Crippen LogP contribution in [-0.2, 0) is 17.8 Å². The van der Waals surface area contributed by atoms with Crippen LogP contribution in [0, 0.1) is 17.2 Å². The van der Waals surface area contributed by atoms with Gasteiger partial charge in [-0.05, 0) is 35.7 Å². The van der Waals surface area contributed by atoms with Crippen molar-refractivity contribution in [1.29, 1.82) is 5.26 Å². The third-order valence-corrected chi connectivity index (χ3v) is 4.18. The van der Waals surface area contributed by atoms with Gasteiger partial charge in [-0.2, -0.15) is 5.26 Å². The molecule has 3 aromatic rings. The van der Waals surface area contributed by atoms with Crippen molar-refractivity contribution in [1.82, 2.24) is 10.3 Å². The lowest BCUT2D eigenvalue weighted by Gasteiger charge is -2.10. The molecule has 0 aliphatic heterocycles. The fraction of sp³-hybridized carbons (Fsp3) is 0.200. The molecule has 0 fully saturated rings. The van der Waals surface area contributed by atoms with Crippen molar-refractivity contribution >= 4 is 16.8 Å². The molecule has 0 spiro atoms. The standard InChI is InChI=1S/C20H19N3O2/c1-25-17-7-8-19-18(10-17)16(13-22-19)9-15(11-21)20(24)23-12-14-5-3-2-4-6-14/h2-8,10,13,15,22H,9,12H2,1H3,(H,23,24). The molecule has 2 aromatic carbocycles. The Morgan fingerprint density at radius 2 is 2.08 bits per heavy atom. The van der Waals surface area contributed by atoms with Gasteiger partial charge in [0, 0.05) is 23.6 Å². The highest BCUT2D eigenvalue weighted by Gasteiger charge is 2.20. The van der Waals surface area contributed by atoms with E-state index in [4.69, 9.17) is 4.74 Å². The predicted molar refractivity (Wildman–Crippen MR) is 95.9 cm³/mol. The van der Waals surface area contributed by atoms with E-state index in [1.165, 1.54) is 0 Å². The molecule has 1 amide bonds. The van der Waals surface area contributed by atoms with Gasteiger partial charge in [-0.1, -0.05) is 30.3 Å². The molecule has 0 radical (unpaired) electrons. The summed E-state index contributed by atoms with van der Waals surface area (Å²) in [5, 5.41) is 13.2. The molecule has 0 saturated carbocycles. The minimum atomic E-state index is -0.742. The van der Waals surface area contributed by atoms with Gasteiger partial charge in [-0.3, -0.25) is 4.79 Å². The molecule has 25 heavy (non-hydrogen) atoms. The van der Waals surface area contributed by atoms with Crippen molar-refractivity contribution < 1.29 is 9.53 Å². The zero-order valence-corrected chi connectivity index (χ0v) is 14.0. The van der Waals surface area contributed by atoms with Crippen molar-refractivity contribution in [2.45, 2.75) is 13.0 Å². The topological polar surface area (TPSA) is 77.9 Å². The predicted octanol–water partition coefficient (Wildman–Crippen LogP) is 3.18. The minimum absolute atomic E-state index is 0.261. The number of methoxy groups -OCH3 is 1. The van der Waals surface area contributed by atoms with Crippen LogP contribution < -0.4 is 10.1 Å². The van der Waals surface area contributed by atoms with Crippen LogP contribution >= 0.6 is 0 Å². The minimum Gasteiger partial charge on any atom is -0.497 e. The van der Waals surface area contributed by atoms with Crippen LogP contribution in [0.3, 0.4) is 0 Å². The van der Waals surface area contributed by atoms with Gasteiger partial charge in [0.2, 0.25) is 5.91 Å². The van der Waals surface area contributed by atoms with Gasteiger partial charge in [-0.25, -0.2) is 0 Å². The zero-order valence-electron chi connectivity index (χ0n) is 14.0. The van der Waals surface area contributed by atoms with Crippen molar-refractivity contribution in [3.63, 3.8) is 0 Å². The number of ether oxygens (including phenoxy) is 1. The highest BCUT2D eigenvalue weighted by molar-refractivity contribution is 5.86. The van der Waals surface area contributed by atoms with Crippen LogP contribution in [0.5, 0.6) is 5.75 Å². The van der Waals surface area contributed by atoms with Crippen molar-refractivity contribution in [2.24, 2.45) is 5.92 Å². The molecule has 5 nitrogen and oxygen atoms in total. The van der Waals surface area contributed by atoms with Gasteiger partial charge in [-0.15, -0.1) is 0 Å². The second-order valence-electron chi connectivity index (χ2n) is 5.81. The van der Waals surface area contributed by atoms with E-state index >= 15 is 0 Å². The maximum Gasteiger partial charge on any atom is 0.237 e. The maximum absolute atomic E-state index is 12.4. The molecule has 126 valence electrons. The second-order valence-corrected chi connectivity index (χ2v) is 5.81. The average molecular weight is 333 g/mol. The van der Waals surface area contributed by atoms with Gasteiger partial charge >= 0.3 is 0 Å². The Morgan fingerprint density at radius 3 is 2.80 bits per heavy atom. The van der Waals surface area contributed by atoms with Crippen LogP contribution in [0.4, 0.5) is 0 Å². The van der Waals surface area contributed by atoms with Crippen molar-refractivity contribution in [2.75, 3.05) is 7.11 Å². The summed E-state index contributed by atoms with van der Waals surface area (Å²) in [7, 11) is 1.61. The number of nitrogens with zero attached hydrogens (tertiary/aromatic N) is 1. The number of carbonyl (C=O) groups excluding carboxylic acids is 1. The van der Waals surface area contributed by atoms with E-state index in [0.29, 0.717) is 13.0 Å². The molecular weight excluding hydrogens is 314 g/mol. The molecule has 5 heteroatoms. The van der Waals surface area contributed by atoms with E-state index < -0.39 is 5.92 Å². The quantitative estimate of drug-likeness (QED) is 0.727. The molecule has 0 saturated heterocycles. The van der Waals surface area contributed by atoms with Crippen LogP contribution in [0.25, 0.3) is 10.9 Å². The van der Waals surface area contributed by atoms with Crippen molar-refractivity contribution in [3.8, 4) is 11.8 Å². The molecule has 0 aliphatic carbocycles. The number of carbonyl (C=O) groups is 1. The number of aromatic amines is 1. The first kappa shape index (κ1) is 16.6. The number of rotatable bonds is 6. The number of H-pyrrole nitrogens is 1. The Labute approximate surface area is 146 Å². The smallest absolute Gasteiger partial charge is 0.237 e. The van der Waals surface area contributed by atoms with E-state index in [0.717, 1.165) is 27.8 Å². The van der Waals surface area contributed by atoms with Crippen LogP contribution in [-0.4, -0.2) is 18.0 Å². The lowest BCUT2D eigenvalue weighted by Crippen LogP contribution is -2.30. The number of fused-ring (bicyclic) bond motifs is 1. The maximum atomic E-state index is 12.4. The summed E-state index contributed by atoms with van der Waals surface area (Å²) in [5.41, 5.74) is 2.89. The summed E-state index contributed by atoms with van der Waals surface area (Å²) >= 11 is 0. The first-order valence-electron chi connectivity index (χ1n) is 8.06. The van der Waals surface area contributed by atoms with Crippen LogP contribution in [0.15, 0.2) is 54.7 Å². The number of hydrogen-bond donors (Lipinski definition) is 2. The van der Waals surface area contributed by atoms with Gasteiger partial charge in [0.15, 0.2) is 0 Å². The molecule has 1 atom stereocenters. The number of nitriles is 1. The first-order chi connectivity index (χ1) is 12.2. The van der Waals surface area contributed by atoms with Crippen LogP contribution in [0.2, 0.25) is 0 Å². The Morgan fingerprint density at radius 1 is 1.28 bits per heavy atom. The highest BCUT2D eigenvalue weighted by atomic mass is 16.5. The fourth-order valence-electron chi connectivity index (χ4n) is 2.78. The third kappa shape index (κ3) is 3.81. The van der Waals surface area contributed by atoms with E-state index in [9.17, 15) is 10.1 Å².